The maximum Gasteiger partial charge on any atom is 0.511 e. The summed E-state index contributed by atoms with van der Waals surface area (Å²) in [6.07, 6.45) is 0. The zero-order chi connectivity index (χ0) is 12.8. The van der Waals surface area contributed by atoms with E-state index in [4.69, 9.17) is 13.3 Å². The van der Waals surface area contributed by atoms with Gasteiger partial charge in [0.15, 0.2) is 0 Å². The lowest BCUT2D eigenvalue weighted by molar-refractivity contribution is -0.137. The van der Waals surface area contributed by atoms with Gasteiger partial charge in [-0.1, -0.05) is 0 Å². The van der Waals surface area contributed by atoms with E-state index in [1.54, 1.807) is 0 Å². The van der Waals surface area contributed by atoms with E-state index in [1.807, 2.05) is 0 Å². The van der Waals surface area contributed by atoms with Crippen LogP contribution < -0.4 is 0 Å². The van der Waals surface area contributed by atoms with Crippen LogP contribution in [0.15, 0.2) is 0 Å². The highest BCUT2D eigenvalue weighted by Crippen LogP contribution is 2.20. The van der Waals surface area contributed by atoms with Crippen LogP contribution in [0.25, 0.3) is 0 Å². The molecule has 3 heterocycles. The van der Waals surface area contributed by atoms with Gasteiger partial charge in [-0.2, -0.15) is 0 Å². The van der Waals surface area contributed by atoms with E-state index in [2.05, 4.69) is 9.64 Å². The van der Waals surface area contributed by atoms with Gasteiger partial charge in [-0.05, 0) is 0 Å². The van der Waals surface area contributed by atoms with Crippen molar-refractivity contribution >= 4 is 26.5 Å². The molecule has 0 unspecified atom stereocenters. The first-order valence-electron chi connectivity index (χ1n) is 6.03. The highest BCUT2D eigenvalue weighted by molar-refractivity contribution is 8.01. The van der Waals surface area contributed by atoms with Crippen LogP contribution >= 0.6 is 11.8 Å². The molecule has 0 aromatic carbocycles. The van der Waals surface area contributed by atoms with E-state index >= 15 is 0 Å². The fraction of sp³-hybridized carbons (Fsp3) is 0.900. The van der Waals surface area contributed by atoms with Gasteiger partial charge in [0.1, 0.15) is 0 Å². The van der Waals surface area contributed by atoms with E-state index in [0.717, 1.165) is 19.6 Å². The number of hydrogen-bond acceptors (Lipinski definition) is 7. The quantitative estimate of drug-likeness (QED) is 0.523. The van der Waals surface area contributed by atoms with Gasteiger partial charge in [0.25, 0.3) is 0 Å². The molecule has 8 heteroatoms. The fourth-order valence-electron chi connectivity index (χ4n) is 1.89. The molecule has 0 N–H and O–H groups in total. The molecule has 3 rings (SSSR count). The largest absolute Gasteiger partial charge is 0.511 e. The van der Waals surface area contributed by atoms with Crippen molar-refractivity contribution in [2.75, 3.05) is 57.7 Å². The molecule has 3 aliphatic heterocycles. The van der Waals surface area contributed by atoms with Gasteiger partial charge in [0.2, 0.25) is 0 Å². The van der Waals surface area contributed by atoms with Gasteiger partial charge in [-0.25, -0.2) is 0 Å². The Hall–Kier alpha value is -0.123. The first-order chi connectivity index (χ1) is 8.74. The van der Waals surface area contributed by atoms with Crippen molar-refractivity contribution in [3.63, 3.8) is 0 Å². The predicted octanol–water partition coefficient (Wildman–Crippen LogP) is -0.250. The molecule has 0 saturated carbocycles. The summed E-state index contributed by atoms with van der Waals surface area (Å²) in [6.45, 7) is 4.73. The third-order valence-electron chi connectivity index (χ3n) is 2.91. The van der Waals surface area contributed by atoms with Crippen molar-refractivity contribution in [3.8, 4) is 0 Å². The van der Waals surface area contributed by atoms with E-state index < -0.39 is 8.80 Å². The van der Waals surface area contributed by atoms with Crippen molar-refractivity contribution in [2.45, 2.75) is 0 Å². The van der Waals surface area contributed by atoms with Crippen LogP contribution in [0.4, 0.5) is 0 Å². The molecule has 3 aliphatic rings. The molecule has 104 valence electrons. The smallest absolute Gasteiger partial charge is 0.468 e. The Kier molecular flexibility index (Phi) is 5.46. The topological polar surface area (TPSA) is 57.2 Å². The molecule has 0 aromatic heterocycles. The normalized spacial score (nSPS) is 32.4. The molecule has 0 spiro atoms. The molecule has 6 nitrogen and oxygen atoms in total. The third kappa shape index (κ3) is 3.94. The van der Waals surface area contributed by atoms with Crippen molar-refractivity contribution in [2.24, 2.45) is 0 Å². The highest BCUT2D eigenvalue weighted by atomic mass is 32.2. The molecule has 0 radical (unpaired) electrons. The number of rotatable bonds is 4. The summed E-state index contributed by atoms with van der Waals surface area (Å²) in [6, 6.07) is 0. The van der Waals surface area contributed by atoms with Crippen LogP contribution in [-0.4, -0.2) is 77.4 Å². The second-order valence-electron chi connectivity index (χ2n) is 4.14. The first-order valence-corrected chi connectivity index (χ1v) is 9.11. The molecule has 0 atom stereocenters. The van der Waals surface area contributed by atoms with Crippen LogP contribution in [0, 0.1) is 0 Å². The number of ether oxygens (including phenoxy) is 1. The Labute approximate surface area is 112 Å². The SMILES string of the molecule is COC(=O)CSC[Si]12OCCN(CCO1)CCO2. The van der Waals surface area contributed by atoms with Gasteiger partial charge in [0, 0.05) is 19.6 Å². The number of hydrogen-bond donors (Lipinski definition) is 0. The summed E-state index contributed by atoms with van der Waals surface area (Å²) in [7, 11) is -1.19. The van der Waals surface area contributed by atoms with Crippen LogP contribution in [0.1, 0.15) is 0 Å². The average Bonchev–Trinajstić information content (AvgIpc) is 2.29. The zero-order valence-corrected chi connectivity index (χ0v) is 12.4. The molecule has 0 amide bonds. The number of methoxy groups -OCH3 is 1. The Balaban J connectivity index is 1.87. The fourth-order valence-corrected chi connectivity index (χ4v) is 6.04. The van der Waals surface area contributed by atoms with Crippen molar-refractivity contribution in [3.05, 3.63) is 0 Å². The summed E-state index contributed by atoms with van der Waals surface area (Å²) in [5, 5.41) is 0.613. The minimum absolute atomic E-state index is 0.228. The summed E-state index contributed by atoms with van der Waals surface area (Å²) in [4.78, 5) is 13.4. The molecule has 3 fully saturated rings. The standard InChI is InChI=1S/C10H19NO5SSi/c1-13-10(12)8-17-9-18-14-5-2-11(3-6-15-18)4-7-16-18/h2-9H2,1H3. The number of fused-ring (bicyclic) bond motifs is 6. The lowest BCUT2D eigenvalue weighted by Gasteiger charge is -2.37. The summed E-state index contributed by atoms with van der Waals surface area (Å²) in [5.41, 5.74) is 0. The zero-order valence-electron chi connectivity index (χ0n) is 10.6. The Morgan fingerprint density at radius 3 is 2.28 bits per heavy atom. The van der Waals surface area contributed by atoms with Crippen LogP contribution in [0.2, 0.25) is 0 Å². The first kappa shape index (κ1) is 14.3. The van der Waals surface area contributed by atoms with Crippen molar-refractivity contribution < 1.29 is 22.8 Å². The maximum absolute atomic E-state index is 11.1. The molecular weight excluding hydrogens is 274 g/mol. The monoisotopic (exact) mass is 293 g/mol. The minimum atomic E-state index is -2.58. The minimum Gasteiger partial charge on any atom is -0.468 e. The summed E-state index contributed by atoms with van der Waals surface area (Å²) >= 11 is 1.46. The average molecular weight is 293 g/mol. The van der Waals surface area contributed by atoms with E-state index in [0.29, 0.717) is 30.9 Å². The van der Waals surface area contributed by atoms with E-state index in [-0.39, 0.29) is 5.97 Å². The number of nitrogens with zero attached hydrogens (tertiary/aromatic N) is 1. The van der Waals surface area contributed by atoms with Crippen LogP contribution in [0.3, 0.4) is 0 Å². The summed E-state index contributed by atoms with van der Waals surface area (Å²) < 4.78 is 22.1. The molecule has 18 heavy (non-hydrogen) atoms. The van der Waals surface area contributed by atoms with Gasteiger partial charge in [-0.15, -0.1) is 11.8 Å². The lowest BCUT2D eigenvalue weighted by atomic mass is 10.4. The Bertz CT molecular complexity index is 267. The van der Waals surface area contributed by atoms with Gasteiger partial charge in [-0.3, -0.25) is 9.69 Å². The number of carbonyl (C=O) groups is 1. The number of esters is 1. The molecule has 0 aromatic rings. The van der Waals surface area contributed by atoms with Gasteiger partial charge in [0.05, 0.1) is 38.1 Å². The summed E-state index contributed by atoms with van der Waals surface area (Å²) in [5.74, 6) is 0.0845. The highest BCUT2D eigenvalue weighted by Gasteiger charge is 2.44. The predicted molar refractivity (Wildman–Crippen MR) is 69.4 cm³/mol. The second-order valence-corrected chi connectivity index (χ2v) is 8.22. The Morgan fingerprint density at radius 1 is 1.22 bits per heavy atom. The van der Waals surface area contributed by atoms with Crippen LogP contribution in [0.5, 0.6) is 0 Å². The second kappa shape index (κ2) is 6.87. The maximum atomic E-state index is 11.1. The molecule has 3 saturated heterocycles. The van der Waals surface area contributed by atoms with Crippen LogP contribution in [-0.2, 0) is 22.8 Å². The molecule has 2 bridgehead atoms. The number of thioether (sulfide) groups is 1. The van der Waals surface area contributed by atoms with E-state index in [1.165, 1.54) is 18.9 Å². The Morgan fingerprint density at radius 2 is 1.78 bits per heavy atom. The molecular formula is C10H19NO5SSi. The molecule has 0 aliphatic carbocycles. The lowest BCUT2D eigenvalue weighted by Crippen LogP contribution is -2.57. The van der Waals surface area contributed by atoms with Crippen molar-refractivity contribution in [1.82, 2.24) is 4.90 Å². The van der Waals surface area contributed by atoms with Gasteiger partial charge >= 0.3 is 14.8 Å². The van der Waals surface area contributed by atoms with Gasteiger partial charge < -0.3 is 18.0 Å². The van der Waals surface area contributed by atoms with E-state index in [9.17, 15) is 4.79 Å². The van der Waals surface area contributed by atoms with Crippen molar-refractivity contribution in [1.29, 1.82) is 0 Å². The third-order valence-corrected chi connectivity index (χ3v) is 7.52. The number of carbonyl (C=O) groups excluding carboxylic acids is 1.